The van der Waals surface area contributed by atoms with Gasteiger partial charge in [0.1, 0.15) is 17.1 Å². The normalized spacial score (nSPS) is 14.3. The summed E-state index contributed by atoms with van der Waals surface area (Å²) in [6.45, 7) is 4.41. The zero-order valence-electron chi connectivity index (χ0n) is 22.6. The Morgan fingerprint density at radius 3 is 2.59 bits per heavy atom. The van der Waals surface area contributed by atoms with E-state index in [-0.39, 0.29) is 23.1 Å². The molecule has 2 aromatic heterocycles. The summed E-state index contributed by atoms with van der Waals surface area (Å²) in [5.41, 5.74) is 3.63. The van der Waals surface area contributed by atoms with Gasteiger partial charge in [0, 0.05) is 22.5 Å². The molecule has 1 N–H and O–H groups in total. The fraction of sp³-hybridized carbons (Fsp3) is 0.290. The first-order chi connectivity index (χ1) is 19.6. The highest BCUT2D eigenvalue weighted by molar-refractivity contribution is 7.81. The smallest absolute Gasteiger partial charge is 0.488 e. The molecule has 1 aliphatic rings. The highest BCUT2D eigenvalue weighted by Gasteiger charge is 2.25. The SMILES string of the molecule is CC(C)COc1cc2c(=O)c3c4ccc(C#N)cc4[nH]c3n(C3CCCC3)c2cc1-c1cccc(OS(=O)(=O)F)c1. The number of rotatable bonds is 7. The van der Waals surface area contributed by atoms with Crippen LogP contribution in [-0.4, -0.2) is 24.6 Å². The molecule has 0 radical (unpaired) electrons. The maximum atomic E-state index is 14.2. The van der Waals surface area contributed by atoms with Crippen molar-refractivity contribution in [3.8, 4) is 28.7 Å². The monoisotopic (exact) mass is 573 g/mol. The second kappa shape index (κ2) is 10.2. The van der Waals surface area contributed by atoms with E-state index in [0.29, 0.717) is 56.5 Å². The first-order valence-electron chi connectivity index (χ1n) is 13.6. The average Bonchev–Trinajstić information content (AvgIpc) is 3.59. The molecule has 0 bridgehead atoms. The zero-order chi connectivity index (χ0) is 28.9. The van der Waals surface area contributed by atoms with Gasteiger partial charge in [-0.3, -0.25) is 4.79 Å². The van der Waals surface area contributed by atoms with E-state index in [0.717, 1.165) is 31.1 Å². The molecule has 0 atom stereocenters. The van der Waals surface area contributed by atoms with E-state index in [2.05, 4.69) is 19.8 Å². The number of H-pyrrole nitrogens is 1. The van der Waals surface area contributed by atoms with Crippen LogP contribution in [0, 0.1) is 17.2 Å². The van der Waals surface area contributed by atoms with Crippen molar-refractivity contribution in [3.05, 3.63) is 70.4 Å². The fourth-order valence-electron chi connectivity index (χ4n) is 5.84. The van der Waals surface area contributed by atoms with E-state index in [4.69, 9.17) is 4.74 Å². The summed E-state index contributed by atoms with van der Waals surface area (Å²) in [4.78, 5) is 17.6. The van der Waals surface area contributed by atoms with Crippen LogP contribution in [0.5, 0.6) is 11.5 Å². The van der Waals surface area contributed by atoms with Gasteiger partial charge in [-0.25, -0.2) is 0 Å². The minimum atomic E-state index is -5.21. The minimum absolute atomic E-state index is 0.144. The van der Waals surface area contributed by atoms with Crippen LogP contribution in [0.25, 0.3) is 44.0 Å². The van der Waals surface area contributed by atoms with Gasteiger partial charge in [-0.2, -0.15) is 13.7 Å². The zero-order valence-corrected chi connectivity index (χ0v) is 23.4. The first-order valence-corrected chi connectivity index (χ1v) is 14.9. The molecule has 1 fully saturated rings. The summed E-state index contributed by atoms with van der Waals surface area (Å²) >= 11 is 0. The molecular weight excluding hydrogens is 545 g/mol. The van der Waals surface area contributed by atoms with Crippen molar-refractivity contribution >= 4 is 43.3 Å². The van der Waals surface area contributed by atoms with Gasteiger partial charge in [0.25, 0.3) is 0 Å². The van der Waals surface area contributed by atoms with Gasteiger partial charge in [0.15, 0.2) is 5.43 Å². The third-order valence-corrected chi connectivity index (χ3v) is 7.97. The number of benzene rings is 3. The Bertz CT molecular complexity index is 2030. The topological polar surface area (TPSA) is 114 Å². The molecule has 0 aliphatic heterocycles. The van der Waals surface area contributed by atoms with E-state index in [1.165, 1.54) is 12.1 Å². The van der Waals surface area contributed by atoms with Crippen LogP contribution >= 0.6 is 0 Å². The number of nitrogens with zero attached hydrogens (tertiary/aromatic N) is 2. The third-order valence-electron chi connectivity index (χ3n) is 7.58. The molecule has 3 aromatic carbocycles. The molecule has 10 heteroatoms. The number of hydrogen-bond donors (Lipinski definition) is 1. The Balaban J connectivity index is 1.69. The van der Waals surface area contributed by atoms with Gasteiger partial charge in [0.05, 0.1) is 34.5 Å². The quantitative estimate of drug-likeness (QED) is 0.212. The Labute approximate surface area is 236 Å². The number of pyridine rings is 1. The van der Waals surface area contributed by atoms with Crippen LogP contribution in [-0.2, 0) is 10.5 Å². The van der Waals surface area contributed by atoms with Crippen LogP contribution < -0.4 is 14.3 Å². The van der Waals surface area contributed by atoms with Gasteiger partial charge in [-0.15, -0.1) is 0 Å². The summed E-state index contributed by atoms with van der Waals surface area (Å²) in [5.74, 6) is 0.477. The lowest BCUT2D eigenvalue weighted by Crippen LogP contribution is -2.15. The van der Waals surface area contributed by atoms with Crippen molar-refractivity contribution in [1.82, 2.24) is 9.55 Å². The molecule has 41 heavy (non-hydrogen) atoms. The highest BCUT2D eigenvalue weighted by Crippen LogP contribution is 2.41. The molecule has 1 aliphatic carbocycles. The van der Waals surface area contributed by atoms with Gasteiger partial charge in [-0.05, 0) is 60.7 Å². The second-order valence-electron chi connectivity index (χ2n) is 10.9. The van der Waals surface area contributed by atoms with Crippen molar-refractivity contribution in [1.29, 1.82) is 5.26 Å². The molecule has 210 valence electrons. The molecule has 1 saturated carbocycles. The van der Waals surface area contributed by atoms with Crippen LogP contribution in [0.3, 0.4) is 0 Å². The number of nitriles is 1. The van der Waals surface area contributed by atoms with Crippen LogP contribution in [0.4, 0.5) is 3.89 Å². The number of aromatic nitrogens is 2. The third kappa shape index (κ3) is 5.02. The molecule has 0 amide bonds. The number of nitrogens with one attached hydrogen (secondary N) is 1. The predicted octanol–water partition coefficient (Wildman–Crippen LogP) is 6.92. The van der Waals surface area contributed by atoms with Crippen molar-refractivity contribution in [2.24, 2.45) is 5.92 Å². The Hall–Kier alpha value is -4.36. The average molecular weight is 574 g/mol. The molecule has 5 aromatic rings. The van der Waals surface area contributed by atoms with Crippen molar-refractivity contribution < 1.29 is 21.2 Å². The van der Waals surface area contributed by atoms with E-state index < -0.39 is 10.5 Å². The molecule has 0 spiro atoms. The van der Waals surface area contributed by atoms with E-state index >= 15 is 0 Å². The summed E-state index contributed by atoms with van der Waals surface area (Å²) in [5, 5.41) is 11.3. The van der Waals surface area contributed by atoms with Crippen LogP contribution in [0.15, 0.2) is 59.4 Å². The molecule has 8 nitrogen and oxygen atoms in total. The number of ether oxygens (including phenoxy) is 1. The van der Waals surface area contributed by atoms with E-state index in [1.54, 1.807) is 30.3 Å². The Morgan fingerprint density at radius 2 is 1.88 bits per heavy atom. The lowest BCUT2D eigenvalue weighted by Gasteiger charge is -2.22. The lowest BCUT2D eigenvalue weighted by atomic mass is 9.99. The largest absolute Gasteiger partial charge is 0.493 e. The molecular formula is C31H28FN3O5S. The molecule has 0 unspecified atom stereocenters. The van der Waals surface area contributed by atoms with Crippen molar-refractivity contribution in [2.45, 2.75) is 45.6 Å². The standard InChI is InChI=1S/C31H28FN3O5S/c1-18(2)17-39-28-15-25-27(14-24(28)20-6-5-9-22(13-20)40-41(32,37)38)35(21-7-3-4-8-21)31-29(30(25)36)23-11-10-19(16-33)12-26(23)34-31/h5-6,9-15,18,21,34H,3-4,7-8,17H2,1-2H3. The van der Waals surface area contributed by atoms with Gasteiger partial charge < -0.3 is 18.5 Å². The second-order valence-corrected chi connectivity index (χ2v) is 11.9. The summed E-state index contributed by atoms with van der Waals surface area (Å²) in [7, 11) is -5.21. The lowest BCUT2D eigenvalue weighted by molar-refractivity contribution is 0.272. The van der Waals surface area contributed by atoms with Gasteiger partial charge >= 0.3 is 10.5 Å². The molecule has 0 saturated heterocycles. The number of hydrogen-bond acceptors (Lipinski definition) is 6. The van der Waals surface area contributed by atoms with Crippen LogP contribution in [0.1, 0.15) is 51.1 Å². The summed E-state index contributed by atoms with van der Waals surface area (Å²) in [6, 6.07) is 17.3. The summed E-state index contributed by atoms with van der Waals surface area (Å²) in [6.07, 6.45) is 4.03. The fourth-order valence-corrected chi connectivity index (χ4v) is 6.18. The summed E-state index contributed by atoms with van der Waals surface area (Å²) < 4.78 is 48.6. The maximum Gasteiger partial charge on any atom is 0.488 e. The number of aromatic amines is 1. The highest BCUT2D eigenvalue weighted by atomic mass is 32.3. The maximum absolute atomic E-state index is 14.2. The van der Waals surface area contributed by atoms with E-state index in [9.17, 15) is 22.4 Å². The Morgan fingerprint density at radius 1 is 1.10 bits per heavy atom. The number of fused-ring (bicyclic) bond motifs is 4. The van der Waals surface area contributed by atoms with Gasteiger partial charge in [-0.1, -0.05) is 48.8 Å². The minimum Gasteiger partial charge on any atom is -0.493 e. The molecule has 6 rings (SSSR count). The van der Waals surface area contributed by atoms with E-state index in [1.807, 2.05) is 26.0 Å². The van der Waals surface area contributed by atoms with Gasteiger partial charge in [0.2, 0.25) is 0 Å². The molecule has 2 heterocycles. The van der Waals surface area contributed by atoms with Crippen LogP contribution in [0.2, 0.25) is 0 Å². The van der Waals surface area contributed by atoms with Crippen molar-refractivity contribution in [3.63, 3.8) is 0 Å². The Kier molecular flexibility index (Phi) is 6.70. The first kappa shape index (κ1) is 26.8. The van der Waals surface area contributed by atoms with Crippen molar-refractivity contribution in [2.75, 3.05) is 6.61 Å². The predicted molar refractivity (Wildman–Crippen MR) is 156 cm³/mol. The number of halogens is 1.